The van der Waals surface area contributed by atoms with Crippen molar-refractivity contribution in [1.29, 1.82) is 0 Å². The zero-order chi connectivity index (χ0) is 13.1. The van der Waals surface area contributed by atoms with Crippen molar-refractivity contribution >= 4 is 59.1 Å². The van der Waals surface area contributed by atoms with Gasteiger partial charge in [0.25, 0.3) is 0 Å². The van der Waals surface area contributed by atoms with Gasteiger partial charge in [0, 0.05) is 9.35 Å². The van der Waals surface area contributed by atoms with Crippen molar-refractivity contribution in [2.75, 3.05) is 6.54 Å². The van der Waals surface area contributed by atoms with Crippen molar-refractivity contribution in [3.63, 3.8) is 0 Å². The summed E-state index contributed by atoms with van der Waals surface area (Å²) >= 11 is 12.1. The number of hydrogen-bond acceptors (Lipinski definition) is 3. The van der Waals surface area contributed by atoms with E-state index in [1.807, 2.05) is 12.1 Å². The molecule has 1 atom stereocenters. The first-order valence-corrected chi connectivity index (χ1v) is 8.74. The van der Waals surface area contributed by atoms with E-state index in [2.05, 4.69) is 66.1 Å². The third kappa shape index (κ3) is 3.48. The number of thiophene rings is 1. The van der Waals surface area contributed by atoms with E-state index in [0.717, 1.165) is 31.7 Å². The van der Waals surface area contributed by atoms with E-state index in [-0.39, 0.29) is 6.04 Å². The summed E-state index contributed by atoms with van der Waals surface area (Å²) in [5, 5.41) is 3.51. The van der Waals surface area contributed by atoms with Gasteiger partial charge in [-0.2, -0.15) is 0 Å². The number of halogens is 3. The minimum absolute atomic E-state index is 0.101. The summed E-state index contributed by atoms with van der Waals surface area (Å²) in [7, 11) is 0. The molecular weight excluding hydrogens is 446 g/mol. The average molecular weight is 458 g/mol. The van der Waals surface area contributed by atoms with E-state index in [4.69, 9.17) is 4.42 Å². The summed E-state index contributed by atoms with van der Waals surface area (Å²) in [6.07, 6.45) is 1.09. The fourth-order valence-electron chi connectivity index (χ4n) is 1.62. The van der Waals surface area contributed by atoms with Crippen molar-refractivity contribution in [3.8, 4) is 0 Å². The molecule has 0 spiro atoms. The van der Waals surface area contributed by atoms with Crippen molar-refractivity contribution in [3.05, 3.63) is 41.8 Å². The van der Waals surface area contributed by atoms with Crippen molar-refractivity contribution in [2.24, 2.45) is 0 Å². The summed E-state index contributed by atoms with van der Waals surface area (Å²) in [6, 6.07) is 6.15. The molecule has 18 heavy (non-hydrogen) atoms. The second-order valence-corrected chi connectivity index (χ2v) is 7.84. The summed E-state index contributed by atoms with van der Waals surface area (Å²) in [4.78, 5) is 1.23. The highest BCUT2D eigenvalue weighted by atomic mass is 79.9. The first-order valence-electron chi connectivity index (χ1n) is 5.55. The van der Waals surface area contributed by atoms with Gasteiger partial charge in [-0.25, -0.2) is 0 Å². The van der Waals surface area contributed by atoms with E-state index >= 15 is 0 Å². The lowest BCUT2D eigenvalue weighted by atomic mass is 10.2. The fourth-order valence-corrected chi connectivity index (χ4v) is 4.11. The van der Waals surface area contributed by atoms with Crippen molar-refractivity contribution < 1.29 is 4.42 Å². The predicted octanol–water partition coefficient (Wildman–Crippen LogP) is 5.72. The summed E-state index contributed by atoms with van der Waals surface area (Å²) in [5.41, 5.74) is 0. The molecule has 2 rings (SSSR count). The normalized spacial score (nSPS) is 12.9. The van der Waals surface area contributed by atoms with Gasteiger partial charge in [0.15, 0.2) is 4.67 Å². The van der Waals surface area contributed by atoms with E-state index < -0.39 is 0 Å². The van der Waals surface area contributed by atoms with Crippen LogP contribution >= 0.6 is 59.1 Å². The minimum Gasteiger partial charge on any atom is -0.452 e. The Labute approximate surface area is 136 Å². The number of furan rings is 1. The van der Waals surface area contributed by atoms with Crippen molar-refractivity contribution in [2.45, 2.75) is 19.4 Å². The lowest BCUT2D eigenvalue weighted by Gasteiger charge is -2.14. The van der Waals surface area contributed by atoms with Gasteiger partial charge < -0.3 is 9.73 Å². The smallest absolute Gasteiger partial charge is 0.169 e. The van der Waals surface area contributed by atoms with Crippen LogP contribution in [-0.4, -0.2) is 6.54 Å². The van der Waals surface area contributed by atoms with Gasteiger partial charge in [0.05, 0.1) is 3.79 Å². The van der Waals surface area contributed by atoms with Crippen LogP contribution in [0.4, 0.5) is 0 Å². The molecule has 0 aliphatic rings. The van der Waals surface area contributed by atoms with Crippen molar-refractivity contribution in [1.82, 2.24) is 5.32 Å². The molecule has 0 aromatic carbocycles. The average Bonchev–Trinajstić information content (AvgIpc) is 2.88. The Kier molecular flexibility index (Phi) is 5.50. The molecule has 2 aromatic rings. The summed E-state index contributed by atoms with van der Waals surface area (Å²) in [5.74, 6) is 0.927. The first kappa shape index (κ1) is 14.8. The molecule has 2 heterocycles. The predicted molar refractivity (Wildman–Crippen MR) is 86.3 cm³/mol. The van der Waals surface area contributed by atoms with E-state index in [0.29, 0.717) is 0 Å². The molecule has 2 nitrogen and oxygen atoms in total. The Morgan fingerprint density at radius 2 is 2.11 bits per heavy atom. The van der Waals surface area contributed by atoms with Gasteiger partial charge in [-0.1, -0.05) is 6.92 Å². The molecule has 1 unspecified atom stereocenters. The van der Waals surface area contributed by atoms with Crippen LogP contribution in [0.2, 0.25) is 0 Å². The lowest BCUT2D eigenvalue weighted by molar-refractivity contribution is 0.436. The zero-order valence-electron chi connectivity index (χ0n) is 9.67. The third-order valence-electron chi connectivity index (χ3n) is 2.43. The van der Waals surface area contributed by atoms with Crippen LogP contribution in [0.15, 0.2) is 35.5 Å². The number of hydrogen-bond donors (Lipinski definition) is 1. The molecule has 0 bridgehead atoms. The largest absolute Gasteiger partial charge is 0.452 e. The molecular formula is C12H12Br3NOS. The Morgan fingerprint density at radius 1 is 1.33 bits per heavy atom. The second-order valence-electron chi connectivity index (χ2n) is 3.80. The van der Waals surface area contributed by atoms with E-state index in [1.54, 1.807) is 11.3 Å². The molecule has 98 valence electrons. The van der Waals surface area contributed by atoms with Gasteiger partial charge in [-0.3, -0.25) is 0 Å². The summed E-state index contributed by atoms with van der Waals surface area (Å²) < 4.78 is 8.62. The van der Waals surface area contributed by atoms with Crippen LogP contribution in [0.3, 0.4) is 0 Å². The second kappa shape index (κ2) is 6.70. The SMILES string of the molecule is CCCNC(c1ccc(Br)o1)c1cc(Br)c(Br)s1. The maximum atomic E-state index is 5.68. The Morgan fingerprint density at radius 3 is 2.61 bits per heavy atom. The van der Waals surface area contributed by atoms with Crippen LogP contribution in [0.25, 0.3) is 0 Å². The fraction of sp³-hybridized carbons (Fsp3) is 0.333. The highest BCUT2D eigenvalue weighted by Gasteiger charge is 2.20. The monoisotopic (exact) mass is 455 g/mol. The molecule has 6 heteroatoms. The maximum absolute atomic E-state index is 5.68. The van der Waals surface area contributed by atoms with Crippen LogP contribution in [0.5, 0.6) is 0 Å². The van der Waals surface area contributed by atoms with E-state index in [9.17, 15) is 0 Å². The molecule has 2 aromatic heterocycles. The maximum Gasteiger partial charge on any atom is 0.169 e. The molecule has 0 amide bonds. The molecule has 0 saturated heterocycles. The van der Waals surface area contributed by atoms with Gasteiger partial charge in [0.2, 0.25) is 0 Å². The topological polar surface area (TPSA) is 25.2 Å². The molecule has 0 aliphatic heterocycles. The Bertz CT molecular complexity index is 504. The van der Waals surface area contributed by atoms with E-state index in [1.165, 1.54) is 4.88 Å². The standard InChI is InChI=1S/C12H12Br3NOS/c1-2-5-16-11(8-3-4-10(14)17-8)9-6-7(13)12(15)18-9/h3-4,6,11,16H,2,5H2,1H3. The molecule has 0 saturated carbocycles. The zero-order valence-corrected chi connectivity index (χ0v) is 15.2. The van der Waals surface area contributed by atoms with Gasteiger partial charge in [-0.05, 0) is 79.0 Å². The number of rotatable bonds is 5. The third-order valence-corrected chi connectivity index (χ3v) is 6.17. The van der Waals surface area contributed by atoms with Gasteiger partial charge >= 0.3 is 0 Å². The van der Waals surface area contributed by atoms with Crippen LogP contribution < -0.4 is 5.32 Å². The van der Waals surface area contributed by atoms with Crippen LogP contribution in [0, 0.1) is 0 Å². The Hall–Kier alpha value is 0.380. The molecule has 0 fully saturated rings. The Balaban J connectivity index is 2.30. The minimum atomic E-state index is 0.101. The van der Waals surface area contributed by atoms with Gasteiger partial charge in [0.1, 0.15) is 11.8 Å². The molecule has 0 aliphatic carbocycles. The molecule has 1 N–H and O–H groups in total. The summed E-state index contributed by atoms with van der Waals surface area (Å²) in [6.45, 7) is 3.11. The molecule has 0 radical (unpaired) electrons. The van der Waals surface area contributed by atoms with Gasteiger partial charge in [-0.15, -0.1) is 11.3 Å². The highest BCUT2D eigenvalue weighted by Crippen LogP contribution is 2.38. The van der Waals surface area contributed by atoms with Crippen LogP contribution in [-0.2, 0) is 0 Å². The quantitative estimate of drug-likeness (QED) is 0.621. The first-order chi connectivity index (χ1) is 8.61. The lowest BCUT2D eigenvalue weighted by Crippen LogP contribution is -2.21. The number of nitrogens with one attached hydrogen (secondary N) is 1. The van der Waals surface area contributed by atoms with Crippen LogP contribution in [0.1, 0.15) is 30.0 Å². The highest BCUT2D eigenvalue weighted by molar-refractivity contribution is 9.13.